The Morgan fingerprint density at radius 1 is 0.201 bits per heavy atom. The SMILES string of the molecule is C.C.C.N[C@@H]1CCCCC1NCCNC1CCCC[C@@H]1N.N[C@@H]1CCCCC1NCCNC1CCCC[C@H]1N.N[C@H]1CCCCC1NCCNC1CCCC[C@@H]1N.[Cl][Mn][Cl].[Cl][Mn][Cl].[Cl][Mn][Cl].c1cc2nc(c1)CN[C@@H]1CCCCC1NCCNC1CCCC[C@@H]1NC2.c1cc2nc(c1)CN[C@@H]1CCCCC1NCCNC1CCCC[C@H]1NC2.c1cc2nc(c1)CN[C@H]1CCCCC1NCCNC1CCCC[C@@H]1NC2. The molecular formula is C108H207Cl6Mn3N27. The molecular weight excluding hydrogens is 2050 g/mol. The molecule has 3 aliphatic heterocycles. The summed E-state index contributed by atoms with van der Waals surface area (Å²) in [7, 11) is 28.8. The van der Waals surface area contributed by atoms with Crippen molar-refractivity contribution in [3.05, 3.63) is 88.8 Å². The topological polar surface area (TPSA) is 411 Å². The van der Waals surface area contributed by atoms with Crippen LogP contribution in [0.5, 0.6) is 0 Å². The minimum absolute atomic E-state index is 0. The fourth-order valence-electron chi connectivity index (χ4n) is 24.9. The molecule has 0 spiro atoms. The van der Waals surface area contributed by atoms with E-state index in [1.54, 1.807) is 0 Å². The summed E-state index contributed by atoms with van der Waals surface area (Å²) < 4.78 is 0. The zero-order valence-corrected chi connectivity index (χ0v) is 94.0. The first kappa shape index (κ1) is 131. The Hall–Kier alpha value is -0.212. The molecule has 12 saturated carbocycles. The van der Waals surface area contributed by atoms with Crippen LogP contribution in [0, 0.1) is 0 Å². The summed E-state index contributed by atoms with van der Waals surface area (Å²) in [4.78, 5) is 14.7. The molecule has 12 fully saturated rings. The molecule has 15 aliphatic rings. The number of aromatic nitrogens is 3. The van der Waals surface area contributed by atoms with E-state index in [1.165, 1.54) is 342 Å². The van der Waals surface area contributed by atoms with Crippen molar-refractivity contribution >= 4 is 60.6 Å². The maximum atomic E-state index is 6.12. The first-order valence-electron chi connectivity index (χ1n) is 56.4. The van der Waals surface area contributed by atoms with E-state index in [-0.39, 0.29) is 61.7 Å². The van der Waals surface area contributed by atoms with Crippen LogP contribution in [0.15, 0.2) is 54.6 Å². The fourth-order valence-corrected chi connectivity index (χ4v) is 24.9. The molecule has 12 unspecified atom stereocenters. The summed E-state index contributed by atoms with van der Waals surface area (Å²) in [6.07, 6.45) is 61.8. The van der Waals surface area contributed by atoms with Crippen molar-refractivity contribution in [1.29, 1.82) is 0 Å². The minimum atomic E-state index is 0. The smallest absolute Gasteiger partial charge is 0.0545 e. The number of pyridine rings is 3. The maximum absolute atomic E-state index is 6.12. The zero-order valence-electron chi connectivity index (χ0n) is 85.9. The van der Waals surface area contributed by atoms with E-state index in [4.69, 9.17) is 110 Å². The van der Waals surface area contributed by atoms with Gasteiger partial charge >= 0.3 is 100.0 Å². The summed E-state index contributed by atoms with van der Waals surface area (Å²) in [5.74, 6) is 0. The van der Waals surface area contributed by atoms with Gasteiger partial charge in [0.2, 0.25) is 0 Å². The predicted molar refractivity (Wildman–Crippen MR) is 603 cm³/mol. The molecule has 36 heteroatoms. The second-order valence-corrected chi connectivity index (χ2v) is 48.9. The summed E-state index contributed by atoms with van der Waals surface area (Å²) in [5, 5.41) is 67.3. The van der Waals surface area contributed by atoms with E-state index < -0.39 is 0 Å². The average molecular weight is 2260 g/mol. The molecule has 6 heterocycles. The molecule has 3 aromatic rings. The second-order valence-electron chi connectivity index (χ2n) is 43.1. The van der Waals surface area contributed by atoms with Crippen LogP contribution in [-0.4, -0.2) is 238 Å². The normalized spacial score (nSPS) is 32.9. The van der Waals surface area contributed by atoms with Gasteiger partial charge in [-0.05, 0) is 190 Å². The van der Waals surface area contributed by atoms with Gasteiger partial charge in [0.1, 0.15) is 0 Å². The molecule has 0 saturated heterocycles. The molecule has 18 rings (SSSR count). The number of fused-ring (bicyclic) bond motifs is 12. The van der Waals surface area contributed by atoms with E-state index in [2.05, 4.69) is 150 Å². The Bertz CT molecular complexity index is 3050. The summed E-state index contributed by atoms with van der Waals surface area (Å²) in [6.45, 7) is 17.8. The molecule has 6 bridgehead atoms. The molecule has 0 aromatic carbocycles. The van der Waals surface area contributed by atoms with Crippen molar-refractivity contribution in [3.8, 4) is 0 Å². The number of hydrogen-bond acceptors (Lipinski definition) is 27. The molecule has 12 aliphatic carbocycles. The van der Waals surface area contributed by atoms with Crippen molar-refractivity contribution < 1.29 is 39.4 Å². The molecule has 0 amide bonds. The summed E-state index contributed by atoms with van der Waals surface area (Å²) >= 11 is 0.0208. The first-order valence-corrected chi connectivity index (χ1v) is 66.2. The molecule has 0 radical (unpaired) electrons. The van der Waals surface area contributed by atoms with Crippen LogP contribution >= 0.6 is 60.6 Å². The van der Waals surface area contributed by atoms with Crippen LogP contribution < -0.4 is 130 Å². The predicted octanol–water partition coefficient (Wildman–Crippen LogP) is 14.4. The van der Waals surface area contributed by atoms with Crippen LogP contribution in [0.1, 0.15) is 365 Å². The van der Waals surface area contributed by atoms with Crippen molar-refractivity contribution in [2.45, 2.75) is 515 Å². The largest absolute Gasteiger partial charge is 0.311 e. The fraction of sp³-hybridized carbons (Fsp3) is 0.861. The number of hydrogen-bond donors (Lipinski definition) is 24. The van der Waals surface area contributed by atoms with Gasteiger partial charge in [0, 0.05) is 263 Å². The Labute approximate surface area is 919 Å². The Balaban J connectivity index is 0.000000231. The van der Waals surface area contributed by atoms with Gasteiger partial charge in [-0.3, -0.25) is 15.0 Å². The van der Waals surface area contributed by atoms with Crippen LogP contribution in [0.4, 0.5) is 0 Å². The van der Waals surface area contributed by atoms with Crippen LogP contribution in [0.25, 0.3) is 0 Å². The van der Waals surface area contributed by atoms with Crippen LogP contribution in [0.3, 0.4) is 0 Å². The zero-order chi connectivity index (χ0) is 99.3. The molecule has 144 heavy (non-hydrogen) atoms. The van der Waals surface area contributed by atoms with Gasteiger partial charge in [-0.2, -0.15) is 0 Å². The molecule has 837 valence electrons. The van der Waals surface area contributed by atoms with Gasteiger partial charge in [0.15, 0.2) is 0 Å². The third-order valence-corrected chi connectivity index (χ3v) is 33.0. The first-order chi connectivity index (χ1) is 69.2. The molecule has 3 aromatic heterocycles. The van der Waals surface area contributed by atoms with E-state index in [0.717, 1.165) is 118 Å². The summed E-state index contributed by atoms with van der Waals surface area (Å²) in [6, 6.07) is 31.7. The van der Waals surface area contributed by atoms with E-state index in [9.17, 15) is 0 Å². The molecule has 30 N–H and O–H groups in total. The second kappa shape index (κ2) is 80.5. The third-order valence-electron chi connectivity index (χ3n) is 33.0. The minimum Gasteiger partial charge on any atom is -0.311 e. The quantitative estimate of drug-likeness (QED) is 0.0496. The molecule has 24 atom stereocenters. The van der Waals surface area contributed by atoms with Crippen molar-refractivity contribution in [2.75, 3.05) is 78.5 Å². The van der Waals surface area contributed by atoms with Crippen molar-refractivity contribution in [2.24, 2.45) is 34.4 Å². The van der Waals surface area contributed by atoms with Gasteiger partial charge in [-0.15, -0.1) is 0 Å². The monoisotopic (exact) mass is 2260 g/mol. The Morgan fingerprint density at radius 3 is 0.451 bits per heavy atom. The van der Waals surface area contributed by atoms with Gasteiger partial charge in [-0.25, -0.2) is 0 Å². The standard InChI is InChI=1S/3C21H35N5.3C14H30N4.3CH4.6ClH.3Mn/c3*1-3-10-20-18(8-1)22-12-13-23-19-9-2-4-11-21(19)25-15-17-7-5-6-16(26-17)14-24-20;3*15-11-5-1-3-7-13(11)17-9-10-18-14-8-4-2-6-12(14)16;;;;;;;;;;;;/h3*5-7,18-25H,1-4,8-15H2;3*11-14,17-18H,1-10,15-16H2;3*1H4;6*1H;;;/q;;;;;;;;;;;;;;;3*+2/p-6/t18?,19?,20-,21+;2*18?,19?,20-,21-;11-,12+,13?,14?;2*11-,12-,13?,14?;;;;;;;;;;;;/m.10.10............/s1. The Morgan fingerprint density at radius 2 is 0.319 bits per heavy atom. The number of nitrogens with zero attached hydrogens (tertiary/aromatic N) is 3. The number of rotatable bonds is 15. The van der Waals surface area contributed by atoms with E-state index in [1.807, 2.05) is 0 Å². The van der Waals surface area contributed by atoms with Crippen molar-refractivity contribution in [3.63, 3.8) is 0 Å². The van der Waals surface area contributed by atoms with Gasteiger partial charge in [0.05, 0.1) is 34.2 Å². The third kappa shape index (κ3) is 51.4. The van der Waals surface area contributed by atoms with Crippen molar-refractivity contribution in [1.82, 2.24) is 111 Å². The Kier molecular flexibility index (Phi) is 73.1. The van der Waals surface area contributed by atoms with Crippen LogP contribution in [-0.2, 0) is 78.7 Å². The number of halogens is 6. The van der Waals surface area contributed by atoms with Gasteiger partial charge in [0.25, 0.3) is 0 Å². The number of nitrogens with two attached hydrogens (primary N) is 6. The van der Waals surface area contributed by atoms with E-state index >= 15 is 0 Å². The van der Waals surface area contributed by atoms with Gasteiger partial charge < -0.3 is 130 Å². The van der Waals surface area contributed by atoms with E-state index in [0.29, 0.717) is 145 Å². The van der Waals surface area contributed by atoms with Crippen LogP contribution in [0.2, 0.25) is 0 Å². The maximum Gasteiger partial charge on any atom is 0.0545 e. The average Bonchev–Trinajstić information content (AvgIpc) is 1.12. The molecule has 27 nitrogen and oxygen atoms in total. The summed E-state index contributed by atoms with van der Waals surface area (Å²) in [5.41, 5.74) is 43.7. The number of nitrogens with one attached hydrogen (secondary N) is 18. The van der Waals surface area contributed by atoms with Gasteiger partial charge in [-0.1, -0.05) is 195 Å².